The van der Waals surface area contributed by atoms with E-state index in [4.69, 9.17) is 5.26 Å². The molecular formula is C12H22N2. The lowest BCUT2D eigenvalue weighted by molar-refractivity contribution is 0.155. The van der Waals surface area contributed by atoms with E-state index in [0.717, 1.165) is 6.54 Å². The molecule has 1 aliphatic carbocycles. The maximum Gasteiger partial charge on any atom is 0.0951 e. The first kappa shape index (κ1) is 11.5. The van der Waals surface area contributed by atoms with E-state index in [0.29, 0.717) is 12.0 Å². The molecule has 2 nitrogen and oxygen atoms in total. The zero-order valence-corrected chi connectivity index (χ0v) is 9.66. The Hall–Kier alpha value is -0.550. The van der Waals surface area contributed by atoms with Gasteiger partial charge in [0, 0.05) is 12.6 Å². The highest BCUT2D eigenvalue weighted by Gasteiger charge is 2.26. The molecule has 0 aromatic carbocycles. The lowest BCUT2D eigenvalue weighted by Crippen LogP contribution is -2.42. The summed E-state index contributed by atoms with van der Waals surface area (Å²) in [6.07, 6.45) is 5.27. The van der Waals surface area contributed by atoms with Gasteiger partial charge in [-0.2, -0.15) is 5.26 Å². The van der Waals surface area contributed by atoms with Gasteiger partial charge in [0.2, 0.25) is 0 Å². The molecule has 0 aliphatic heterocycles. The molecule has 1 saturated carbocycles. The number of rotatable bonds is 4. The predicted octanol–water partition coefficient (Wildman–Crippen LogP) is 2.80. The molecule has 0 heterocycles. The Morgan fingerprint density at radius 2 is 1.86 bits per heavy atom. The van der Waals surface area contributed by atoms with Crippen molar-refractivity contribution in [3.63, 3.8) is 0 Å². The van der Waals surface area contributed by atoms with Gasteiger partial charge in [-0.15, -0.1) is 0 Å². The number of hydrogen-bond donors (Lipinski definition) is 0. The molecule has 1 aliphatic rings. The minimum absolute atomic E-state index is 0.0838. The summed E-state index contributed by atoms with van der Waals surface area (Å²) >= 11 is 0. The molecule has 0 radical (unpaired) electrons. The van der Waals surface area contributed by atoms with Crippen LogP contribution in [0, 0.1) is 17.2 Å². The first-order chi connectivity index (χ1) is 6.65. The maximum absolute atomic E-state index is 8.99. The molecule has 80 valence electrons. The second kappa shape index (κ2) is 5.36. The van der Waals surface area contributed by atoms with Crippen LogP contribution in [0.2, 0.25) is 0 Å². The fourth-order valence-corrected chi connectivity index (χ4v) is 2.36. The smallest absolute Gasteiger partial charge is 0.0951 e. The van der Waals surface area contributed by atoms with Crippen molar-refractivity contribution in [2.75, 3.05) is 6.54 Å². The summed E-state index contributed by atoms with van der Waals surface area (Å²) in [7, 11) is 0. The molecule has 0 spiro atoms. The Kier molecular flexibility index (Phi) is 4.41. The van der Waals surface area contributed by atoms with E-state index in [1.807, 2.05) is 6.92 Å². The van der Waals surface area contributed by atoms with E-state index in [1.165, 1.54) is 25.7 Å². The lowest BCUT2D eigenvalue weighted by Gasteiger charge is -2.32. The van der Waals surface area contributed by atoms with Crippen molar-refractivity contribution < 1.29 is 0 Å². The standard InChI is InChI=1S/C12H22N2/c1-10(2)9-14(11(3)8-13)12-6-4-5-7-12/h10-12H,4-7,9H2,1-3H3. The van der Waals surface area contributed by atoms with Crippen LogP contribution in [0.1, 0.15) is 46.5 Å². The van der Waals surface area contributed by atoms with Crippen LogP contribution in [-0.4, -0.2) is 23.5 Å². The molecule has 1 unspecified atom stereocenters. The van der Waals surface area contributed by atoms with Crippen LogP contribution >= 0.6 is 0 Å². The van der Waals surface area contributed by atoms with Crippen molar-refractivity contribution in [3.8, 4) is 6.07 Å². The molecular weight excluding hydrogens is 172 g/mol. The fourth-order valence-electron chi connectivity index (χ4n) is 2.36. The van der Waals surface area contributed by atoms with Crippen molar-refractivity contribution in [3.05, 3.63) is 0 Å². The van der Waals surface area contributed by atoms with Crippen LogP contribution in [0.3, 0.4) is 0 Å². The molecule has 1 fully saturated rings. The third-order valence-electron chi connectivity index (χ3n) is 3.05. The summed E-state index contributed by atoms with van der Waals surface area (Å²) in [6.45, 7) is 7.55. The van der Waals surface area contributed by atoms with Gasteiger partial charge in [0.25, 0.3) is 0 Å². The van der Waals surface area contributed by atoms with Crippen molar-refractivity contribution in [1.82, 2.24) is 4.90 Å². The average molecular weight is 194 g/mol. The third-order valence-corrected chi connectivity index (χ3v) is 3.05. The van der Waals surface area contributed by atoms with Crippen molar-refractivity contribution >= 4 is 0 Å². The minimum atomic E-state index is 0.0838. The fraction of sp³-hybridized carbons (Fsp3) is 0.917. The minimum Gasteiger partial charge on any atom is -0.285 e. The highest BCUT2D eigenvalue weighted by atomic mass is 15.2. The molecule has 1 rings (SSSR count). The van der Waals surface area contributed by atoms with E-state index in [-0.39, 0.29) is 6.04 Å². The molecule has 0 bridgehead atoms. The Bertz CT molecular complexity index is 199. The first-order valence-electron chi connectivity index (χ1n) is 5.80. The van der Waals surface area contributed by atoms with Crippen molar-refractivity contribution in [2.24, 2.45) is 5.92 Å². The quantitative estimate of drug-likeness (QED) is 0.688. The average Bonchev–Trinajstić information content (AvgIpc) is 2.65. The van der Waals surface area contributed by atoms with E-state index < -0.39 is 0 Å². The Morgan fingerprint density at radius 3 is 2.29 bits per heavy atom. The predicted molar refractivity (Wildman–Crippen MR) is 58.9 cm³/mol. The zero-order chi connectivity index (χ0) is 10.6. The van der Waals surface area contributed by atoms with Gasteiger partial charge in [-0.25, -0.2) is 0 Å². The summed E-state index contributed by atoms with van der Waals surface area (Å²) in [5.74, 6) is 0.659. The van der Waals surface area contributed by atoms with Gasteiger partial charge in [-0.05, 0) is 25.7 Å². The molecule has 0 aromatic rings. The van der Waals surface area contributed by atoms with Gasteiger partial charge in [-0.1, -0.05) is 26.7 Å². The molecule has 2 heteroatoms. The maximum atomic E-state index is 8.99. The van der Waals surface area contributed by atoms with E-state index in [9.17, 15) is 0 Å². The normalized spacial score (nSPS) is 20.3. The molecule has 0 N–H and O–H groups in total. The van der Waals surface area contributed by atoms with Gasteiger partial charge >= 0.3 is 0 Å². The Morgan fingerprint density at radius 1 is 1.29 bits per heavy atom. The van der Waals surface area contributed by atoms with E-state index >= 15 is 0 Å². The summed E-state index contributed by atoms with van der Waals surface area (Å²) < 4.78 is 0. The van der Waals surface area contributed by atoms with Crippen LogP contribution < -0.4 is 0 Å². The van der Waals surface area contributed by atoms with Crippen LogP contribution in [0.5, 0.6) is 0 Å². The Labute approximate surface area is 87.9 Å². The molecule has 14 heavy (non-hydrogen) atoms. The highest BCUT2D eigenvalue weighted by molar-refractivity contribution is 4.92. The SMILES string of the molecule is CC(C)CN(C(C)C#N)C1CCCC1. The molecule has 0 aromatic heterocycles. The van der Waals surface area contributed by atoms with Gasteiger partial charge < -0.3 is 0 Å². The van der Waals surface area contributed by atoms with Crippen LogP contribution in [0.4, 0.5) is 0 Å². The second-order valence-electron chi connectivity index (χ2n) is 4.83. The summed E-state index contributed by atoms with van der Waals surface area (Å²) in [4.78, 5) is 2.40. The molecule has 0 amide bonds. The topological polar surface area (TPSA) is 27.0 Å². The van der Waals surface area contributed by atoms with E-state index in [1.54, 1.807) is 0 Å². The van der Waals surface area contributed by atoms with Gasteiger partial charge in [0.05, 0.1) is 12.1 Å². The first-order valence-corrected chi connectivity index (χ1v) is 5.80. The largest absolute Gasteiger partial charge is 0.285 e. The third kappa shape index (κ3) is 2.99. The van der Waals surface area contributed by atoms with Crippen molar-refractivity contribution in [1.29, 1.82) is 5.26 Å². The highest BCUT2D eigenvalue weighted by Crippen LogP contribution is 2.25. The lowest BCUT2D eigenvalue weighted by atomic mass is 10.1. The van der Waals surface area contributed by atoms with Crippen molar-refractivity contribution in [2.45, 2.75) is 58.5 Å². The van der Waals surface area contributed by atoms with Crippen LogP contribution in [0.25, 0.3) is 0 Å². The molecule has 1 atom stereocenters. The van der Waals surface area contributed by atoms with Gasteiger partial charge in [0.1, 0.15) is 0 Å². The zero-order valence-electron chi connectivity index (χ0n) is 9.66. The number of nitrogens with zero attached hydrogens (tertiary/aromatic N) is 2. The van der Waals surface area contributed by atoms with Gasteiger partial charge in [-0.3, -0.25) is 4.90 Å². The van der Waals surface area contributed by atoms with Crippen LogP contribution in [-0.2, 0) is 0 Å². The van der Waals surface area contributed by atoms with E-state index in [2.05, 4.69) is 24.8 Å². The van der Waals surface area contributed by atoms with Crippen LogP contribution in [0.15, 0.2) is 0 Å². The second-order valence-corrected chi connectivity index (χ2v) is 4.83. The number of hydrogen-bond acceptors (Lipinski definition) is 2. The summed E-state index contributed by atoms with van der Waals surface area (Å²) in [5, 5.41) is 8.99. The Balaban J connectivity index is 2.56. The monoisotopic (exact) mass is 194 g/mol. The number of nitriles is 1. The van der Waals surface area contributed by atoms with Gasteiger partial charge in [0.15, 0.2) is 0 Å². The summed E-state index contributed by atoms with van der Waals surface area (Å²) in [5.41, 5.74) is 0. The molecule has 0 saturated heterocycles. The summed E-state index contributed by atoms with van der Waals surface area (Å²) in [6, 6.07) is 3.13.